The Balaban J connectivity index is 1.34. The van der Waals surface area contributed by atoms with Gasteiger partial charge in [-0.3, -0.25) is 4.90 Å². The number of nitrogens with one attached hydrogen (secondary N) is 1. The van der Waals surface area contributed by atoms with Gasteiger partial charge in [0.05, 0.1) is 13.2 Å². The van der Waals surface area contributed by atoms with Crippen molar-refractivity contribution in [3.8, 4) is 0 Å². The minimum Gasteiger partial charge on any atom is -0.379 e. The first kappa shape index (κ1) is 11.0. The van der Waals surface area contributed by atoms with Crippen molar-refractivity contribution in [3.05, 3.63) is 0 Å². The molecule has 1 heterocycles. The SMILES string of the molecule is C(CN1CCOCC1)N[C@@H]1C[C@@H]2CC[C@H]1C2. The van der Waals surface area contributed by atoms with E-state index in [4.69, 9.17) is 4.74 Å². The molecule has 1 saturated heterocycles. The van der Waals surface area contributed by atoms with Gasteiger partial charge in [0, 0.05) is 32.2 Å². The third-order valence-electron chi connectivity index (χ3n) is 4.68. The van der Waals surface area contributed by atoms with Crippen LogP contribution in [0.2, 0.25) is 0 Å². The maximum atomic E-state index is 5.36. The molecule has 0 radical (unpaired) electrons. The maximum absolute atomic E-state index is 5.36. The lowest BCUT2D eigenvalue weighted by Crippen LogP contribution is -2.43. The molecule has 3 atom stereocenters. The van der Waals surface area contributed by atoms with Gasteiger partial charge in [0.2, 0.25) is 0 Å². The third-order valence-corrected chi connectivity index (χ3v) is 4.68. The Labute approximate surface area is 98.5 Å². The average Bonchev–Trinajstić information content (AvgIpc) is 2.92. The molecule has 3 nitrogen and oxygen atoms in total. The normalized spacial score (nSPS) is 39.4. The molecule has 1 N–H and O–H groups in total. The fourth-order valence-corrected chi connectivity index (χ4v) is 3.73. The molecule has 16 heavy (non-hydrogen) atoms. The molecule has 3 rings (SSSR count). The molecule has 1 aliphatic heterocycles. The molecule has 2 saturated carbocycles. The van der Waals surface area contributed by atoms with Gasteiger partial charge in [-0.2, -0.15) is 0 Å². The predicted molar refractivity (Wildman–Crippen MR) is 64.5 cm³/mol. The molecule has 0 unspecified atom stereocenters. The van der Waals surface area contributed by atoms with E-state index in [0.29, 0.717) is 0 Å². The third kappa shape index (κ3) is 2.41. The number of fused-ring (bicyclic) bond motifs is 2. The highest BCUT2D eigenvalue weighted by atomic mass is 16.5. The van der Waals surface area contributed by atoms with E-state index >= 15 is 0 Å². The van der Waals surface area contributed by atoms with Crippen molar-refractivity contribution in [1.29, 1.82) is 0 Å². The second-order valence-electron chi connectivity index (χ2n) is 5.69. The number of ether oxygens (including phenoxy) is 1. The molecule has 0 aromatic heterocycles. The van der Waals surface area contributed by atoms with Crippen LogP contribution in [0.3, 0.4) is 0 Å². The first-order valence-corrected chi connectivity index (χ1v) is 6.95. The van der Waals surface area contributed by atoms with Gasteiger partial charge in [0.1, 0.15) is 0 Å². The van der Waals surface area contributed by atoms with Gasteiger partial charge < -0.3 is 10.1 Å². The van der Waals surface area contributed by atoms with Crippen molar-refractivity contribution in [2.75, 3.05) is 39.4 Å². The number of hydrogen-bond acceptors (Lipinski definition) is 3. The minimum atomic E-state index is 0.847. The van der Waals surface area contributed by atoms with Gasteiger partial charge in [-0.25, -0.2) is 0 Å². The molecule has 92 valence electrons. The molecule has 3 fully saturated rings. The van der Waals surface area contributed by atoms with E-state index in [1.807, 2.05) is 0 Å². The molecular formula is C13H24N2O. The van der Waals surface area contributed by atoms with E-state index in [2.05, 4.69) is 10.2 Å². The van der Waals surface area contributed by atoms with Gasteiger partial charge in [-0.05, 0) is 31.1 Å². The van der Waals surface area contributed by atoms with Gasteiger partial charge in [0.15, 0.2) is 0 Å². The van der Waals surface area contributed by atoms with Gasteiger partial charge in [0.25, 0.3) is 0 Å². The summed E-state index contributed by atoms with van der Waals surface area (Å²) in [5, 5.41) is 3.78. The van der Waals surface area contributed by atoms with Crippen LogP contribution < -0.4 is 5.32 Å². The zero-order valence-electron chi connectivity index (χ0n) is 10.2. The summed E-state index contributed by atoms with van der Waals surface area (Å²) in [6, 6.07) is 0.847. The van der Waals surface area contributed by atoms with Crippen molar-refractivity contribution in [2.24, 2.45) is 11.8 Å². The predicted octanol–water partition coefficient (Wildman–Crippen LogP) is 1.10. The van der Waals surface area contributed by atoms with E-state index in [1.54, 1.807) is 0 Å². The molecule has 3 aliphatic rings. The quantitative estimate of drug-likeness (QED) is 0.774. The summed E-state index contributed by atoms with van der Waals surface area (Å²) in [6.45, 7) is 6.48. The molecule has 0 aromatic rings. The first-order valence-electron chi connectivity index (χ1n) is 6.95. The van der Waals surface area contributed by atoms with Crippen molar-refractivity contribution in [1.82, 2.24) is 10.2 Å². The first-order chi connectivity index (χ1) is 7.92. The zero-order valence-corrected chi connectivity index (χ0v) is 10.2. The van der Waals surface area contributed by atoms with Crippen LogP contribution in [0.1, 0.15) is 25.7 Å². The monoisotopic (exact) mass is 224 g/mol. The van der Waals surface area contributed by atoms with Crippen LogP contribution in [-0.2, 0) is 4.74 Å². The number of nitrogens with zero attached hydrogens (tertiary/aromatic N) is 1. The largest absolute Gasteiger partial charge is 0.379 e. The Morgan fingerprint density at radius 1 is 1.12 bits per heavy atom. The number of hydrogen-bond donors (Lipinski definition) is 1. The summed E-state index contributed by atoms with van der Waals surface area (Å²) in [5.74, 6) is 2.07. The standard InChI is InChI=1S/C13H24N2O/c1-2-12-9-11(1)10-13(12)14-3-4-15-5-7-16-8-6-15/h11-14H,1-10H2/t11-,12+,13-/m1/s1. The van der Waals surface area contributed by atoms with Crippen LogP contribution >= 0.6 is 0 Å². The van der Waals surface area contributed by atoms with E-state index in [0.717, 1.165) is 44.2 Å². The van der Waals surface area contributed by atoms with Crippen LogP contribution in [0.25, 0.3) is 0 Å². The van der Waals surface area contributed by atoms with Crippen LogP contribution in [-0.4, -0.2) is 50.3 Å². The molecule has 2 bridgehead atoms. The Bertz CT molecular complexity index is 228. The molecule has 0 spiro atoms. The molecular weight excluding hydrogens is 200 g/mol. The molecule has 2 aliphatic carbocycles. The topological polar surface area (TPSA) is 24.5 Å². The highest BCUT2D eigenvalue weighted by Crippen LogP contribution is 2.44. The van der Waals surface area contributed by atoms with Gasteiger partial charge in [-0.15, -0.1) is 0 Å². The lowest BCUT2D eigenvalue weighted by Gasteiger charge is -2.28. The lowest BCUT2D eigenvalue weighted by molar-refractivity contribution is 0.0379. The van der Waals surface area contributed by atoms with Crippen LogP contribution in [0.5, 0.6) is 0 Å². The highest BCUT2D eigenvalue weighted by Gasteiger charge is 2.38. The summed E-state index contributed by atoms with van der Waals surface area (Å²) in [7, 11) is 0. The second-order valence-corrected chi connectivity index (χ2v) is 5.69. The Morgan fingerprint density at radius 3 is 2.69 bits per heavy atom. The highest BCUT2D eigenvalue weighted by molar-refractivity contribution is 4.94. The van der Waals surface area contributed by atoms with Crippen LogP contribution in [0.15, 0.2) is 0 Å². The molecule has 0 amide bonds. The van der Waals surface area contributed by atoms with Crippen molar-refractivity contribution in [2.45, 2.75) is 31.7 Å². The van der Waals surface area contributed by atoms with E-state index in [9.17, 15) is 0 Å². The van der Waals surface area contributed by atoms with Crippen molar-refractivity contribution in [3.63, 3.8) is 0 Å². The fraction of sp³-hybridized carbons (Fsp3) is 1.00. The van der Waals surface area contributed by atoms with E-state index in [-0.39, 0.29) is 0 Å². The molecule has 3 heteroatoms. The average molecular weight is 224 g/mol. The lowest BCUT2D eigenvalue weighted by atomic mass is 9.95. The maximum Gasteiger partial charge on any atom is 0.0594 e. The zero-order chi connectivity index (χ0) is 10.8. The summed E-state index contributed by atoms with van der Waals surface area (Å²) < 4.78 is 5.36. The van der Waals surface area contributed by atoms with Gasteiger partial charge in [-0.1, -0.05) is 6.42 Å². The summed E-state index contributed by atoms with van der Waals surface area (Å²) in [6.07, 6.45) is 5.95. The van der Waals surface area contributed by atoms with Crippen LogP contribution in [0.4, 0.5) is 0 Å². The Hall–Kier alpha value is -0.120. The number of rotatable bonds is 4. The number of morpholine rings is 1. The molecule has 0 aromatic carbocycles. The minimum absolute atomic E-state index is 0.847. The summed E-state index contributed by atoms with van der Waals surface area (Å²) in [4.78, 5) is 2.52. The van der Waals surface area contributed by atoms with Crippen molar-refractivity contribution < 1.29 is 4.74 Å². The van der Waals surface area contributed by atoms with E-state index in [1.165, 1.54) is 38.8 Å². The second kappa shape index (κ2) is 5.03. The Kier molecular flexibility index (Phi) is 3.46. The van der Waals surface area contributed by atoms with Gasteiger partial charge >= 0.3 is 0 Å². The summed E-state index contributed by atoms with van der Waals surface area (Å²) in [5.41, 5.74) is 0. The van der Waals surface area contributed by atoms with E-state index < -0.39 is 0 Å². The Morgan fingerprint density at radius 2 is 2.00 bits per heavy atom. The summed E-state index contributed by atoms with van der Waals surface area (Å²) >= 11 is 0. The van der Waals surface area contributed by atoms with Crippen molar-refractivity contribution >= 4 is 0 Å². The smallest absolute Gasteiger partial charge is 0.0594 e. The van der Waals surface area contributed by atoms with Crippen LogP contribution in [0, 0.1) is 11.8 Å². The fourth-order valence-electron chi connectivity index (χ4n) is 3.73.